The maximum atomic E-state index is 14.5. The molecule has 3 aromatic rings. The maximum absolute atomic E-state index is 14.5. The molecule has 2 atom stereocenters. The summed E-state index contributed by atoms with van der Waals surface area (Å²) >= 11 is 0. The van der Waals surface area contributed by atoms with E-state index in [4.69, 9.17) is 0 Å². The van der Waals surface area contributed by atoms with Crippen molar-refractivity contribution in [3.8, 4) is 0 Å². The van der Waals surface area contributed by atoms with E-state index in [-0.39, 0.29) is 30.3 Å². The van der Waals surface area contributed by atoms with Crippen molar-refractivity contribution in [2.75, 3.05) is 26.2 Å². The van der Waals surface area contributed by atoms with Crippen LogP contribution in [0.5, 0.6) is 0 Å². The SMILES string of the molecule is CCN(CC[C@@H]1CN(Cc2ccccc2F)C(CO)c2[nH]c3cc(C)ccc3c21)C(=O)C1CCC1. The minimum atomic E-state index is -0.229. The van der Waals surface area contributed by atoms with Gasteiger partial charge in [-0.15, -0.1) is 0 Å². The highest BCUT2D eigenvalue weighted by Gasteiger charge is 2.37. The Morgan fingerprint density at radius 2 is 2.03 bits per heavy atom. The van der Waals surface area contributed by atoms with Gasteiger partial charge in [0.2, 0.25) is 5.91 Å². The fraction of sp³-hybridized carbons (Fsp3) is 0.483. The van der Waals surface area contributed by atoms with E-state index in [0.717, 1.165) is 43.4 Å². The number of H-pyrrole nitrogens is 1. The molecule has 186 valence electrons. The van der Waals surface area contributed by atoms with Gasteiger partial charge in [0.15, 0.2) is 0 Å². The number of fused-ring (bicyclic) bond motifs is 3. The Kier molecular flexibility index (Phi) is 6.94. The van der Waals surface area contributed by atoms with Crippen LogP contribution in [0.4, 0.5) is 4.39 Å². The van der Waals surface area contributed by atoms with Gasteiger partial charge >= 0.3 is 0 Å². The first-order chi connectivity index (χ1) is 17.0. The highest BCUT2D eigenvalue weighted by Crippen LogP contribution is 2.42. The van der Waals surface area contributed by atoms with Gasteiger partial charge in [0.25, 0.3) is 0 Å². The van der Waals surface area contributed by atoms with Gasteiger partial charge in [-0.25, -0.2) is 4.39 Å². The zero-order valence-electron chi connectivity index (χ0n) is 20.8. The van der Waals surface area contributed by atoms with Crippen molar-refractivity contribution in [2.45, 2.75) is 58.0 Å². The number of nitrogens with one attached hydrogen (secondary N) is 1. The van der Waals surface area contributed by atoms with Gasteiger partial charge in [-0.2, -0.15) is 0 Å². The molecular formula is C29H36FN3O2. The number of rotatable bonds is 8. The molecule has 2 aromatic carbocycles. The zero-order valence-corrected chi connectivity index (χ0v) is 20.8. The minimum absolute atomic E-state index is 0.0404. The van der Waals surface area contributed by atoms with Gasteiger partial charge in [0.1, 0.15) is 5.82 Å². The van der Waals surface area contributed by atoms with Crippen molar-refractivity contribution in [1.29, 1.82) is 0 Å². The van der Waals surface area contributed by atoms with E-state index in [1.807, 2.05) is 17.0 Å². The Labute approximate surface area is 206 Å². The van der Waals surface area contributed by atoms with Crippen LogP contribution in [0.3, 0.4) is 0 Å². The molecule has 5 nitrogen and oxygen atoms in total. The summed E-state index contributed by atoms with van der Waals surface area (Å²) in [5.74, 6) is 0.450. The summed E-state index contributed by atoms with van der Waals surface area (Å²) in [4.78, 5) is 20.8. The van der Waals surface area contributed by atoms with Crippen molar-refractivity contribution < 1.29 is 14.3 Å². The minimum Gasteiger partial charge on any atom is -0.394 e. The van der Waals surface area contributed by atoms with Crippen LogP contribution in [-0.4, -0.2) is 52.0 Å². The fourth-order valence-electron chi connectivity index (χ4n) is 5.85. The molecule has 0 saturated heterocycles. The number of benzene rings is 2. The average Bonchev–Trinajstić information content (AvgIpc) is 3.18. The molecule has 35 heavy (non-hydrogen) atoms. The van der Waals surface area contributed by atoms with Crippen molar-refractivity contribution in [2.24, 2.45) is 5.92 Å². The number of aryl methyl sites for hydroxylation is 1. The molecule has 1 saturated carbocycles. The zero-order chi connectivity index (χ0) is 24.5. The molecule has 5 rings (SSSR count). The smallest absolute Gasteiger partial charge is 0.225 e. The van der Waals surface area contributed by atoms with Crippen LogP contribution in [-0.2, 0) is 11.3 Å². The van der Waals surface area contributed by atoms with Gasteiger partial charge in [-0.05, 0) is 56.4 Å². The number of aromatic nitrogens is 1. The Balaban J connectivity index is 1.47. The molecule has 1 aliphatic carbocycles. The molecule has 0 spiro atoms. The standard InChI is InChI=1S/C29H36FN3O2/c1-3-32(29(35)20-8-6-9-20)14-13-22-17-33(16-21-7-4-5-10-24(21)30)26(18-34)28-27(22)23-12-11-19(2)15-25(23)31-28/h4-5,7,10-12,15,20,22,26,31,34H,3,6,8-9,13-14,16-18H2,1-2H3/t22-,26?/m1/s1. The lowest BCUT2D eigenvalue weighted by Gasteiger charge is -2.40. The van der Waals surface area contributed by atoms with Gasteiger partial charge in [-0.1, -0.05) is 36.8 Å². The summed E-state index contributed by atoms with van der Waals surface area (Å²) in [6.07, 6.45) is 4.02. The number of hydrogen-bond donors (Lipinski definition) is 2. The molecule has 1 amide bonds. The molecule has 2 aliphatic rings. The first kappa shape index (κ1) is 24.0. The molecule has 1 aromatic heterocycles. The molecule has 1 aliphatic heterocycles. The van der Waals surface area contributed by atoms with Crippen molar-refractivity contribution in [3.05, 3.63) is 70.7 Å². The number of amides is 1. The fourth-order valence-corrected chi connectivity index (χ4v) is 5.85. The Morgan fingerprint density at radius 3 is 2.71 bits per heavy atom. The molecule has 1 unspecified atom stereocenters. The summed E-state index contributed by atoms with van der Waals surface area (Å²) in [5.41, 5.74) is 5.16. The lowest BCUT2D eigenvalue weighted by molar-refractivity contribution is -0.138. The van der Waals surface area contributed by atoms with Crippen LogP contribution in [0.1, 0.15) is 67.0 Å². The monoisotopic (exact) mass is 477 g/mol. The van der Waals surface area contributed by atoms with E-state index >= 15 is 0 Å². The van der Waals surface area contributed by atoms with Crippen LogP contribution in [0, 0.1) is 18.7 Å². The Morgan fingerprint density at radius 1 is 1.23 bits per heavy atom. The van der Waals surface area contributed by atoms with Crippen LogP contribution in [0.15, 0.2) is 42.5 Å². The first-order valence-corrected chi connectivity index (χ1v) is 13.0. The van der Waals surface area contributed by atoms with Crippen LogP contribution >= 0.6 is 0 Å². The second-order valence-electron chi connectivity index (χ2n) is 10.3. The lowest BCUT2D eigenvalue weighted by Crippen LogP contribution is -2.42. The van der Waals surface area contributed by atoms with Crippen molar-refractivity contribution >= 4 is 16.8 Å². The van der Waals surface area contributed by atoms with Crippen LogP contribution < -0.4 is 0 Å². The quantitative estimate of drug-likeness (QED) is 0.464. The molecule has 6 heteroatoms. The predicted octanol–water partition coefficient (Wildman–Crippen LogP) is 5.29. The Bertz CT molecular complexity index is 1200. The number of nitrogens with zero attached hydrogens (tertiary/aromatic N) is 2. The van der Waals surface area contributed by atoms with Crippen LogP contribution in [0.2, 0.25) is 0 Å². The summed E-state index contributed by atoms with van der Waals surface area (Å²) < 4.78 is 14.5. The molecule has 1 fully saturated rings. The highest BCUT2D eigenvalue weighted by atomic mass is 19.1. The summed E-state index contributed by atoms with van der Waals surface area (Å²) in [7, 11) is 0. The van der Waals surface area contributed by atoms with E-state index in [9.17, 15) is 14.3 Å². The lowest BCUT2D eigenvalue weighted by atomic mass is 9.83. The number of aliphatic hydroxyl groups excluding tert-OH is 1. The third kappa shape index (κ3) is 4.62. The number of halogens is 1. The second kappa shape index (κ2) is 10.1. The van der Waals surface area contributed by atoms with E-state index in [1.165, 1.54) is 22.6 Å². The van der Waals surface area contributed by atoms with E-state index in [2.05, 4.69) is 41.9 Å². The number of hydrogen-bond acceptors (Lipinski definition) is 3. The summed E-state index contributed by atoms with van der Waals surface area (Å²) in [6.45, 7) is 6.68. The first-order valence-electron chi connectivity index (χ1n) is 13.0. The van der Waals surface area contributed by atoms with Gasteiger partial charge in [-0.3, -0.25) is 9.69 Å². The van der Waals surface area contributed by atoms with Gasteiger partial charge < -0.3 is 15.0 Å². The topological polar surface area (TPSA) is 59.6 Å². The highest BCUT2D eigenvalue weighted by molar-refractivity contribution is 5.86. The van der Waals surface area contributed by atoms with Gasteiger partial charge in [0, 0.05) is 60.2 Å². The van der Waals surface area contributed by atoms with Crippen molar-refractivity contribution in [1.82, 2.24) is 14.8 Å². The number of aliphatic hydroxyl groups is 1. The summed E-state index contributed by atoms with van der Waals surface area (Å²) in [5, 5.41) is 11.6. The second-order valence-corrected chi connectivity index (χ2v) is 10.3. The van der Waals surface area contributed by atoms with E-state index < -0.39 is 0 Å². The van der Waals surface area contributed by atoms with E-state index in [0.29, 0.717) is 31.1 Å². The normalized spacial score (nSPS) is 20.6. The number of carbonyl (C=O) groups is 1. The largest absolute Gasteiger partial charge is 0.394 e. The Hall–Kier alpha value is -2.70. The molecular weight excluding hydrogens is 441 g/mol. The maximum Gasteiger partial charge on any atom is 0.225 e. The average molecular weight is 478 g/mol. The van der Waals surface area contributed by atoms with Crippen LogP contribution in [0.25, 0.3) is 10.9 Å². The third-order valence-electron chi connectivity index (χ3n) is 8.06. The number of aromatic amines is 1. The molecule has 0 bridgehead atoms. The molecule has 2 N–H and O–H groups in total. The van der Waals surface area contributed by atoms with E-state index in [1.54, 1.807) is 6.07 Å². The van der Waals surface area contributed by atoms with Crippen molar-refractivity contribution in [3.63, 3.8) is 0 Å². The molecule has 2 heterocycles. The van der Waals surface area contributed by atoms with Gasteiger partial charge in [0.05, 0.1) is 12.6 Å². The summed E-state index contributed by atoms with van der Waals surface area (Å²) in [6, 6.07) is 13.1. The predicted molar refractivity (Wildman–Crippen MR) is 137 cm³/mol. The molecule has 0 radical (unpaired) electrons. The third-order valence-corrected chi connectivity index (χ3v) is 8.06. The number of carbonyl (C=O) groups excluding carboxylic acids is 1.